The smallest absolute Gasteiger partial charge is 0.205 e. The van der Waals surface area contributed by atoms with E-state index in [4.69, 9.17) is 4.74 Å². The van der Waals surface area contributed by atoms with Crippen LogP contribution in [0.5, 0.6) is 5.75 Å². The predicted molar refractivity (Wildman–Crippen MR) is 108 cm³/mol. The zero-order valence-corrected chi connectivity index (χ0v) is 16.0. The van der Waals surface area contributed by atoms with Crippen LogP contribution in [0.25, 0.3) is 0 Å². The van der Waals surface area contributed by atoms with Crippen molar-refractivity contribution in [1.29, 1.82) is 0 Å². The van der Waals surface area contributed by atoms with Gasteiger partial charge < -0.3 is 10.1 Å². The Morgan fingerprint density at radius 2 is 1.46 bits per heavy atom. The van der Waals surface area contributed by atoms with Crippen molar-refractivity contribution < 1.29 is 9.53 Å². The molecule has 2 atom stereocenters. The molecule has 0 amide bonds. The molecule has 0 spiro atoms. The Morgan fingerprint density at radius 1 is 0.885 bits per heavy atom. The van der Waals surface area contributed by atoms with Crippen LogP contribution in [0.1, 0.15) is 22.0 Å². The van der Waals surface area contributed by atoms with Crippen LogP contribution in [0.2, 0.25) is 0 Å². The molecule has 26 heavy (non-hydrogen) atoms. The lowest BCUT2D eigenvalue weighted by Crippen LogP contribution is -2.40. The fourth-order valence-electron chi connectivity index (χ4n) is 2.85. The summed E-state index contributed by atoms with van der Waals surface area (Å²) in [6.45, 7) is 0. The summed E-state index contributed by atoms with van der Waals surface area (Å²) in [5, 5.41) is 3.25. The first-order chi connectivity index (χ1) is 12.7. The molecule has 0 aliphatic heterocycles. The Balaban J connectivity index is 1.97. The molecule has 0 aliphatic carbocycles. The first kappa shape index (κ1) is 18.4. The molecule has 0 saturated heterocycles. The normalized spacial score (nSPS) is 13.0. The maximum atomic E-state index is 13.2. The third kappa shape index (κ3) is 4.40. The predicted octanol–water partition coefficient (Wildman–Crippen LogP) is 5.04. The number of ether oxygens (including phenoxy) is 1. The Morgan fingerprint density at radius 3 is 2.04 bits per heavy atom. The summed E-state index contributed by atoms with van der Waals surface area (Å²) in [5.74, 6) is 0.593. The van der Waals surface area contributed by atoms with E-state index in [-0.39, 0.29) is 11.8 Å². The fraction of sp³-hybridized carbons (Fsp3) is 0.136. The van der Waals surface area contributed by atoms with Gasteiger partial charge in [-0.25, -0.2) is 0 Å². The Labute approximate surface area is 162 Å². The summed E-state index contributed by atoms with van der Waals surface area (Å²) in [7, 11) is 1.84. The second kappa shape index (κ2) is 8.79. The average Bonchev–Trinajstić information content (AvgIpc) is 2.70. The summed E-state index contributed by atoms with van der Waals surface area (Å²) in [5.41, 5.74) is 1.63. The SMILES string of the molecule is CNC(c1ccccc1)C(Oc1ccc(Br)cc1)C(=O)c1ccccc1. The number of hydrogen-bond donors (Lipinski definition) is 1. The van der Waals surface area contributed by atoms with Gasteiger partial charge in [0.15, 0.2) is 6.10 Å². The molecule has 0 saturated carbocycles. The molecular weight excluding hydrogens is 390 g/mol. The third-order valence-electron chi connectivity index (χ3n) is 4.17. The van der Waals surface area contributed by atoms with E-state index in [1.807, 2.05) is 92.0 Å². The van der Waals surface area contributed by atoms with Crippen molar-refractivity contribution >= 4 is 21.7 Å². The molecule has 0 radical (unpaired) electrons. The van der Waals surface area contributed by atoms with Gasteiger partial charge in [-0.1, -0.05) is 76.6 Å². The lowest BCUT2D eigenvalue weighted by molar-refractivity contribution is 0.0724. The fourth-order valence-corrected chi connectivity index (χ4v) is 3.12. The van der Waals surface area contributed by atoms with Crippen molar-refractivity contribution in [3.63, 3.8) is 0 Å². The van der Waals surface area contributed by atoms with E-state index >= 15 is 0 Å². The number of carbonyl (C=O) groups excluding carboxylic acids is 1. The number of Topliss-reactive ketones (excluding diaryl/α,β-unsaturated/α-hetero) is 1. The Bertz CT molecular complexity index is 835. The molecule has 0 aliphatic rings. The maximum absolute atomic E-state index is 13.2. The molecule has 3 nitrogen and oxygen atoms in total. The van der Waals surface area contributed by atoms with E-state index in [1.54, 1.807) is 0 Å². The van der Waals surface area contributed by atoms with Crippen LogP contribution in [0.4, 0.5) is 0 Å². The minimum atomic E-state index is -0.689. The summed E-state index contributed by atoms with van der Waals surface area (Å²) >= 11 is 3.42. The Hall–Kier alpha value is -2.43. The monoisotopic (exact) mass is 409 g/mol. The zero-order chi connectivity index (χ0) is 18.4. The topological polar surface area (TPSA) is 38.3 Å². The van der Waals surface area contributed by atoms with E-state index in [9.17, 15) is 4.79 Å². The number of rotatable bonds is 7. The largest absolute Gasteiger partial charge is 0.480 e. The van der Waals surface area contributed by atoms with Crippen molar-refractivity contribution in [2.75, 3.05) is 7.05 Å². The second-order valence-corrected chi connectivity index (χ2v) is 6.82. The van der Waals surface area contributed by atoms with Crippen LogP contribution in [0.15, 0.2) is 89.4 Å². The minimum absolute atomic E-state index is 0.0586. The highest BCUT2D eigenvalue weighted by molar-refractivity contribution is 9.10. The van der Waals surface area contributed by atoms with E-state index in [2.05, 4.69) is 21.2 Å². The first-order valence-corrected chi connectivity index (χ1v) is 9.22. The van der Waals surface area contributed by atoms with Crippen molar-refractivity contribution in [2.45, 2.75) is 12.1 Å². The van der Waals surface area contributed by atoms with Crippen molar-refractivity contribution in [2.24, 2.45) is 0 Å². The third-order valence-corrected chi connectivity index (χ3v) is 4.69. The van der Waals surface area contributed by atoms with Gasteiger partial charge in [0.1, 0.15) is 5.75 Å². The van der Waals surface area contributed by atoms with Gasteiger partial charge in [0.2, 0.25) is 5.78 Å². The van der Waals surface area contributed by atoms with Gasteiger partial charge in [-0.3, -0.25) is 4.79 Å². The molecule has 3 aromatic rings. The van der Waals surface area contributed by atoms with Crippen LogP contribution in [-0.4, -0.2) is 18.9 Å². The number of hydrogen-bond acceptors (Lipinski definition) is 3. The molecular formula is C22H20BrNO2. The maximum Gasteiger partial charge on any atom is 0.205 e. The lowest BCUT2D eigenvalue weighted by Gasteiger charge is -2.27. The van der Waals surface area contributed by atoms with Crippen LogP contribution in [-0.2, 0) is 0 Å². The number of halogens is 1. The van der Waals surface area contributed by atoms with Gasteiger partial charge in [0.25, 0.3) is 0 Å². The minimum Gasteiger partial charge on any atom is -0.480 e. The number of nitrogens with one attached hydrogen (secondary N) is 1. The van der Waals surface area contributed by atoms with Crippen molar-refractivity contribution in [3.05, 3.63) is 101 Å². The molecule has 3 aromatic carbocycles. The zero-order valence-electron chi connectivity index (χ0n) is 14.4. The summed E-state index contributed by atoms with van der Waals surface area (Å²) < 4.78 is 7.12. The number of ketones is 1. The number of likely N-dealkylation sites (N-methyl/N-ethyl adjacent to an activating group) is 1. The number of carbonyl (C=O) groups is 1. The van der Waals surface area contributed by atoms with Gasteiger partial charge in [0, 0.05) is 10.0 Å². The molecule has 0 aromatic heterocycles. The highest BCUT2D eigenvalue weighted by Gasteiger charge is 2.31. The van der Waals surface area contributed by atoms with E-state index in [1.165, 1.54) is 0 Å². The first-order valence-electron chi connectivity index (χ1n) is 8.43. The second-order valence-electron chi connectivity index (χ2n) is 5.90. The van der Waals surface area contributed by atoms with Gasteiger partial charge in [0.05, 0.1) is 6.04 Å². The summed E-state index contributed by atoms with van der Waals surface area (Å²) in [6, 6.07) is 26.4. The molecule has 2 unspecified atom stereocenters. The molecule has 0 fully saturated rings. The highest BCUT2D eigenvalue weighted by atomic mass is 79.9. The molecule has 0 bridgehead atoms. The average molecular weight is 410 g/mol. The van der Waals surface area contributed by atoms with E-state index in [0.717, 1.165) is 10.0 Å². The van der Waals surface area contributed by atoms with Crippen LogP contribution in [0, 0.1) is 0 Å². The van der Waals surface area contributed by atoms with Crippen molar-refractivity contribution in [1.82, 2.24) is 5.32 Å². The van der Waals surface area contributed by atoms with Crippen LogP contribution >= 0.6 is 15.9 Å². The van der Waals surface area contributed by atoms with E-state index in [0.29, 0.717) is 11.3 Å². The van der Waals surface area contributed by atoms with E-state index < -0.39 is 6.10 Å². The van der Waals surface area contributed by atoms with Crippen molar-refractivity contribution in [3.8, 4) is 5.75 Å². The lowest BCUT2D eigenvalue weighted by atomic mass is 9.95. The molecule has 1 N–H and O–H groups in total. The van der Waals surface area contributed by atoms with Crippen LogP contribution in [0.3, 0.4) is 0 Å². The van der Waals surface area contributed by atoms with Crippen LogP contribution < -0.4 is 10.1 Å². The van der Waals surface area contributed by atoms with Gasteiger partial charge in [-0.2, -0.15) is 0 Å². The molecule has 3 rings (SSSR count). The molecule has 4 heteroatoms. The van der Waals surface area contributed by atoms with Gasteiger partial charge in [-0.15, -0.1) is 0 Å². The Kier molecular flexibility index (Phi) is 6.21. The van der Waals surface area contributed by atoms with Gasteiger partial charge >= 0.3 is 0 Å². The number of benzene rings is 3. The molecule has 132 valence electrons. The summed E-state index contributed by atoms with van der Waals surface area (Å²) in [6.07, 6.45) is -0.689. The quantitative estimate of drug-likeness (QED) is 0.555. The standard InChI is InChI=1S/C22H20BrNO2/c1-24-20(16-8-4-2-5-9-16)22(21(25)17-10-6-3-7-11-17)26-19-14-12-18(23)13-15-19/h2-15,20,22,24H,1H3. The molecule has 0 heterocycles. The highest BCUT2D eigenvalue weighted by Crippen LogP contribution is 2.26. The summed E-state index contributed by atoms with van der Waals surface area (Å²) in [4.78, 5) is 13.2. The van der Waals surface area contributed by atoms with Gasteiger partial charge in [-0.05, 0) is 36.9 Å².